The average Bonchev–Trinajstić information content (AvgIpc) is 3.13. The molecular weight excluding hydrogens is 356 g/mol. The Morgan fingerprint density at radius 3 is 2.52 bits per heavy atom. The zero-order chi connectivity index (χ0) is 19.0. The van der Waals surface area contributed by atoms with E-state index >= 15 is 0 Å². The van der Waals surface area contributed by atoms with Gasteiger partial charge in [-0.25, -0.2) is 0 Å². The number of carbonyl (C=O) groups is 2. The molecule has 0 saturated heterocycles. The van der Waals surface area contributed by atoms with E-state index in [-0.39, 0.29) is 24.4 Å². The number of nitrogens with one attached hydrogen (secondary N) is 1. The highest BCUT2D eigenvalue weighted by atomic mass is 32.1. The minimum Gasteiger partial charge on any atom is -0.324 e. The molecule has 1 aliphatic heterocycles. The van der Waals surface area contributed by atoms with Crippen molar-refractivity contribution in [2.45, 2.75) is 19.9 Å². The molecule has 0 aliphatic carbocycles. The number of hydrogen-bond donors (Lipinski definition) is 1. The van der Waals surface area contributed by atoms with Crippen LogP contribution in [0.3, 0.4) is 0 Å². The molecule has 136 valence electrons. The van der Waals surface area contributed by atoms with Gasteiger partial charge in [0.1, 0.15) is 6.54 Å². The molecule has 1 aliphatic rings. The van der Waals surface area contributed by atoms with Crippen LogP contribution in [0.25, 0.3) is 0 Å². The predicted octanol–water partition coefficient (Wildman–Crippen LogP) is 4.55. The van der Waals surface area contributed by atoms with Crippen LogP contribution in [0, 0.1) is 13.8 Å². The van der Waals surface area contributed by atoms with Crippen molar-refractivity contribution in [2.24, 2.45) is 0 Å². The monoisotopic (exact) mass is 376 g/mol. The van der Waals surface area contributed by atoms with Gasteiger partial charge in [0.15, 0.2) is 0 Å². The summed E-state index contributed by atoms with van der Waals surface area (Å²) in [5.41, 5.74) is 4.49. The number of aryl methyl sites for hydroxylation is 2. The maximum atomic E-state index is 13.4. The van der Waals surface area contributed by atoms with Gasteiger partial charge in [-0.2, -0.15) is 0 Å². The van der Waals surface area contributed by atoms with Crippen LogP contribution in [-0.2, 0) is 4.79 Å². The van der Waals surface area contributed by atoms with E-state index in [1.165, 1.54) is 0 Å². The molecule has 1 unspecified atom stereocenters. The molecule has 1 aromatic heterocycles. The molecule has 1 N–H and O–H groups in total. The van der Waals surface area contributed by atoms with Crippen molar-refractivity contribution >= 4 is 28.8 Å². The summed E-state index contributed by atoms with van der Waals surface area (Å²) in [7, 11) is 0. The summed E-state index contributed by atoms with van der Waals surface area (Å²) in [6.45, 7) is 4.02. The normalized spacial score (nSPS) is 16.4. The van der Waals surface area contributed by atoms with Crippen molar-refractivity contribution in [2.75, 3.05) is 11.9 Å². The molecule has 0 bridgehead atoms. The van der Waals surface area contributed by atoms with Gasteiger partial charge in [0.05, 0.1) is 6.04 Å². The fourth-order valence-corrected chi connectivity index (χ4v) is 4.29. The first-order valence-electron chi connectivity index (χ1n) is 8.84. The molecule has 3 aromatic rings. The summed E-state index contributed by atoms with van der Waals surface area (Å²) in [6.07, 6.45) is 0. The number of hydrogen-bond acceptors (Lipinski definition) is 3. The third-order valence-corrected chi connectivity index (χ3v) is 5.70. The maximum Gasteiger partial charge on any atom is 0.255 e. The SMILES string of the molecule is Cc1ccc(C(=O)N2CC(=O)Nc3ccc(C)cc3C2c2cccs2)cc1. The van der Waals surface area contributed by atoms with Gasteiger partial charge in [-0.05, 0) is 43.5 Å². The second-order valence-electron chi connectivity index (χ2n) is 6.86. The van der Waals surface area contributed by atoms with Gasteiger partial charge in [-0.3, -0.25) is 9.59 Å². The van der Waals surface area contributed by atoms with Crippen LogP contribution in [0.5, 0.6) is 0 Å². The van der Waals surface area contributed by atoms with Crippen molar-refractivity contribution in [3.8, 4) is 0 Å². The molecule has 27 heavy (non-hydrogen) atoms. The number of benzene rings is 2. The Hall–Kier alpha value is -2.92. The molecule has 0 spiro atoms. The third kappa shape index (κ3) is 3.38. The minimum absolute atomic E-state index is 0.0169. The summed E-state index contributed by atoms with van der Waals surface area (Å²) in [5.74, 6) is -0.322. The van der Waals surface area contributed by atoms with Gasteiger partial charge in [0.2, 0.25) is 5.91 Å². The molecule has 4 rings (SSSR count). The van der Waals surface area contributed by atoms with Gasteiger partial charge in [-0.1, -0.05) is 41.5 Å². The van der Waals surface area contributed by atoms with Gasteiger partial charge >= 0.3 is 0 Å². The number of fused-ring (bicyclic) bond motifs is 1. The first-order chi connectivity index (χ1) is 13.0. The molecule has 0 radical (unpaired) electrons. The Labute approximate surface area is 162 Å². The predicted molar refractivity (Wildman–Crippen MR) is 108 cm³/mol. The fourth-order valence-electron chi connectivity index (χ4n) is 3.43. The van der Waals surface area contributed by atoms with Crippen LogP contribution < -0.4 is 5.32 Å². The van der Waals surface area contributed by atoms with Gasteiger partial charge < -0.3 is 10.2 Å². The fraction of sp³-hybridized carbons (Fsp3) is 0.182. The smallest absolute Gasteiger partial charge is 0.255 e. The average molecular weight is 376 g/mol. The Balaban J connectivity index is 1.86. The lowest BCUT2D eigenvalue weighted by atomic mass is 9.99. The second kappa shape index (κ2) is 7.00. The van der Waals surface area contributed by atoms with Crippen LogP contribution in [0.2, 0.25) is 0 Å². The van der Waals surface area contributed by atoms with Crippen molar-refractivity contribution in [3.05, 3.63) is 87.1 Å². The van der Waals surface area contributed by atoms with Crippen molar-refractivity contribution in [3.63, 3.8) is 0 Å². The van der Waals surface area contributed by atoms with Gasteiger partial charge in [-0.15, -0.1) is 11.3 Å². The standard InChI is InChI=1S/C22H20N2O2S/c1-14-5-8-16(9-6-14)22(26)24-13-20(25)23-18-10-7-15(2)12-17(18)21(24)19-4-3-11-27-19/h3-12,21H,13H2,1-2H3,(H,23,25). The molecule has 0 fully saturated rings. The van der Waals surface area contributed by atoms with E-state index in [4.69, 9.17) is 0 Å². The molecular formula is C22H20N2O2S. The Morgan fingerprint density at radius 1 is 1.07 bits per heavy atom. The number of anilines is 1. The first-order valence-corrected chi connectivity index (χ1v) is 9.72. The van der Waals surface area contributed by atoms with E-state index in [1.54, 1.807) is 16.2 Å². The quantitative estimate of drug-likeness (QED) is 0.713. The van der Waals surface area contributed by atoms with Crippen LogP contribution in [0.1, 0.15) is 38.0 Å². The zero-order valence-corrected chi connectivity index (χ0v) is 16.0. The Morgan fingerprint density at radius 2 is 1.81 bits per heavy atom. The summed E-state index contributed by atoms with van der Waals surface area (Å²) >= 11 is 1.60. The lowest BCUT2D eigenvalue weighted by Crippen LogP contribution is -2.38. The Kier molecular flexibility index (Phi) is 4.54. The number of carbonyl (C=O) groups excluding carboxylic acids is 2. The van der Waals surface area contributed by atoms with E-state index < -0.39 is 0 Å². The summed E-state index contributed by atoms with van der Waals surface area (Å²) in [6, 6.07) is 17.1. The number of thiophene rings is 1. The zero-order valence-electron chi connectivity index (χ0n) is 15.2. The third-order valence-electron chi connectivity index (χ3n) is 4.77. The molecule has 0 saturated carbocycles. The minimum atomic E-state index is -0.298. The van der Waals surface area contributed by atoms with Gasteiger partial charge in [0, 0.05) is 21.7 Å². The highest BCUT2D eigenvalue weighted by molar-refractivity contribution is 7.10. The van der Waals surface area contributed by atoms with E-state index in [2.05, 4.69) is 11.4 Å². The summed E-state index contributed by atoms with van der Waals surface area (Å²) < 4.78 is 0. The van der Waals surface area contributed by atoms with Crippen molar-refractivity contribution in [1.82, 2.24) is 4.90 Å². The summed E-state index contributed by atoms with van der Waals surface area (Å²) in [5, 5.41) is 4.96. The highest BCUT2D eigenvalue weighted by Gasteiger charge is 2.34. The van der Waals surface area contributed by atoms with E-state index in [1.807, 2.05) is 67.8 Å². The summed E-state index contributed by atoms with van der Waals surface area (Å²) in [4.78, 5) is 28.6. The highest BCUT2D eigenvalue weighted by Crippen LogP contribution is 2.38. The van der Waals surface area contributed by atoms with E-state index in [9.17, 15) is 9.59 Å². The number of rotatable bonds is 2. The Bertz CT molecular complexity index is 994. The second-order valence-corrected chi connectivity index (χ2v) is 7.84. The van der Waals surface area contributed by atoms with E-state index in [0.29, 0.717) is 5.56 Å². The maximum absolute atomic E-state index is 13.4. The van der Waals surface area contributed by atoms with E-state index in [0.717, 1.165) is 27.3 Å². The molecule has 2 heterocycles. The topological polar surface area (TPSA) is 49.4 Å². The molecule has 1 atom stereocenters. The van der Waals surface area contributed by atoms with Crippen LogP contribution in [0.15, 0.2) is 60.0 Å². The molecule has 2 amide bonds. The first kappa shape index (κ1) is 17.5. The molecule has 5 heteroatoms. The van der Waals surface area contributed by atoms with Crippen LogP contribution in [-0.4, -0.2) is 23.3 Å². The molecule has 2 aromatic carbocycles. The lowest BCUT2D eigenvalue weighted by molar-refractivity contribution is -0.117. The number of nitrogens with zero attached hydrogens (tertiary/aromatic N) is 1. The van der Waals surface area contributed by atoms with Crippen LogP contribution >= 0.6 is 11.3 Å². The van der Waals surface area contributed by atoms with Crippen LogP contribution in [0.4, 0.5) is 5.69 Å². The van der Waals surface area contributed by atoms with Gasteiger partial charge in [0.25, 0.3) is 5.91 Å². The van der Waals surface area contributed by atoms with Crippen molar-refractivity contribution < 1.29 is 9.59 Å². The molecule has 4 nitrogen and oxygen atoms in total. The number of amides is 2. The lowest BCUT2D eigenvalue weighted by Gasteiger charge is -2.29. The van der Waals surface area contributed by atoms with Crippen molar-refractivity contribution in [1.29, 1.82) is 0 Å². The largest absolute Gasteiger partial charge is 0.324 e.